The molecule has 0 N–H and O–H groups in total. The van der Waals surface area contributed by atoms with Crippen molar-refractivity contribution in [3.63, 3.8) is 0 Å². The molecule has 0 saturated carbocycles. The molecular formula is C18H18Cl3N3O3S2. The van der Waals surface area contributed by atoms with Gasteiger partial charge in [0.2, 0.25) is 6.79 Å². The number of hydrogen-bond acceptors (Lipinski definition) is 7. The monoisotopic (exact) mass is 493 g/mol. The van der Waals surface area contributed by atoms with Gasteiger partial charge in [-0.1, -0.05) is 34.5 Å². The Morgan fingerprint density at radius 3 is 2.52 bits per heavy atom. The number of hydrogen-bond donors (Lipinski definition) is 0. The van der Waals surface area contributed by atoms with Crippen LogP contribution in [0, 0.1) is 0 Å². The van der Waals surface area contributed by atoms with E-state index in [1.807, 2.05) is 26.2 Å². The Kier molecular flexibility index (Phi) is 7.14. The summed E-state index contributed by atoms with van der Waals surface area (Å²) in [5.74, 6) is 1.16. The Morgan fingerprint density at radius 1 is 1.14 bits per heavy atom. The highest BCUT2D eigenvalue weighted by molar-refractivity contribution is 7.22. The van der Waals surface area contributed by atoms with E-state index in [1.165, 1.54) is 22.7 Å². The van der Waals surface area contributed by atoms with E-state index in [1.54, 1.807) is 11.0 Å². The van der Waals surface area contributed by atoms with Crippen molar-refractivity contribution < 1.29 is 14.3 Å². The summed E-state index contributed by atoms with van der Waals surface area (Å²) in [6, 6.07) is 5.35. The van der Waals surface area contributed by atoms with Crippen molar-refractivity contribution in [3.8, 4) is 11.5 Å². The largest absolute Gasteiger partial charge is 0.454 e. The molecular weight excluding hydrogens is 477 g/mol. The number of fused-ring (bicyclic) bond motifs is 2. The van der Waals surface area contributed by atoms with Crippen molar-refractivity contribution in [2.45, 2.75) is 6.42 Å². The fourth-order valence-corrected chi connectivity index (χ4v) is 5.33. The standard InChI is InChI=1S/C18H17Cl2N3O3S2.ClH/c1-22(2)4-3-5-23(17(24)10-6-15(19)28-16(10)20)18-21-11-7-12-13(26-9-25-12)8-14(11)27-18;/h6-8H,3-5,9H2,1-2H3;1H. The van der Waals surface area contributed by atoms with Crippen LogP contribution >= 0.6 is 58.3 Å². The third-order valence-electron chi connectivity index (χ3n) is 4.22. The van der Waals surface area contributed by atoms with Gasteiger partial charge in [0.05, 0.1) is 20.1 Å². The average Bonchev–Trinajstić information content (AvgIpc) is 3.33. The highest BCUT2D eigenvalue weighted by Crippen LogP contribution is 2.40. The molecule has 0 spiro atoms. The van der Waals surface area contributed by atoms with Crippen molar-refractivity contribution >= 4 is 79.5 Å². The number of halogens is 3. The number of benzene rings is 1. The lowest BCUT2D eigenvalue weighted by atomic mass is 10.2. The summed E-state index contributed by atoms with van der Waals surface area (Å²) in [6.45, 7) is 1.59. The Bertz CT molecular complexity index is 997. The van der Waals surface area contributed by atoms with Crippen LogP contribution in [0.25, 0.3) is 10.2 Å². The minimum atomic E-state index is -0.203. The molecule has 1 aromatic carbocycles. The van der Waals surface area contributed by atoms with Crippen molar-refractivity contribution in [2.75, 3.05) is 38.9 Å². The number of rotatable bonds is 6. The molecule has 0 saturated heterocycles. The molecule has 3 aromatic rings. The van der Waals surface area contributed by atoms with Gasteiger partial charge in [-0.25, -0.2) is 4.98 Å². The smallest absolute Gasteiger partial charge is 0.262 e. The summed E-state index contributed by atoms with van der Waals surface area (Å²) in [5.41, 5.74) is 1.17. The summed E-state index contributed by atoms with van der Waals surface area (Å²) in [7, 11) is 4.00. The molecule has 156 valence electrons. The van der Waals surface area contributed by atoms with Crippen LogP contribution in [0.2, 0.25) is 8.67 Å². The number of nitrogens with zero attached hydrogens (tertiary/aromatic N) is 3. The molecule has 2 aromatic heterocycles. The fraction of sp³-hybridized carbons (Fsp3) is 0.333. The van der Waals surface area contributed by atoms with E-state index in [0.29, 0.717) is 37.4 Å². The lowest BCUT2D eigenvalue weighted by molar-refractivity contribution is 0.0986. The third-order valence-corrected chi connectivity index (χ3v) is 6.75. The topological polar surface area (TPSA) is 54.9 Å². The van der Waals surface area contributed by atoms with Crippen LogP contribution < -0.4 is 14.4 Å². The van der Waals surface area contributed by atoms with E-state index in [2.05, 4.69) is 9.88 Å². The Morgan fingerprint density at radius 2 is 1.86 bits per heavy atom. The number of ether oxygens (including phenoxy) is 2. The zero-order valence-corrected chi connectivity index (χ0v) is 19.6. The van der Waals surface area contributed by atoms with Crippen LogP contribution in [-0.4, -0.2) is 49.8 Å². The van der Waals surface area contributed by atoms with Gasteiger partial charge >= 0.3 is 0 Å². The van der Waals surface area contributed by atoms with Gasteiger partial charge < -0.3 is 14.4 Å². The minimum absolute atomic E-state index is 0. The summed E-state index contributed by atoms with van der Waals surface area (Å²) < 4.78 is 12.7. The first-order valence-corrected chi connectivity index (χ1v) is 10.9. The van der Waals surface area contributed by atoms with E-state index in [0.717, 1.165) is 23.2 Å². The zero-order valence-electron chi connectivity index (χ0n) is 15.6. The SMILES string of the molecule is CN(C)CCCN(C(=O)c1cc(Cl)sc1Cl)c1nc2cc3c(cc2s1)OCO3.Cl. The molecule has 6 nitrogen and oxygen atoms in total. The van der Waals surface area contributed by atoms with Crippen molar-refractivity contribution in [1.82, 2.24) is 9.88 Å². The quantitative estimate of drug-likeness (QED) is 0.458. The number of thiazole rings is 1. The maximum atomic E-state index is 13.2. The van der Waals surface area contributed by atoms with Gasteiger partial charge in [0.25, 0.3) is 5.91 Å². The molecule has 11 heteroatoms. The number of thiophene rings is 1. The second-order valence-electron chi connectivity index (χ2n) is 6.52. The summed E-state index contributed by atoms with van der Waals surface area (Å²) >= 11 is 14.9. The number of carbonyl (C=O) groups is 1. The van der Waals surface area contributed by atoms with E-state index in [-0.39, 0.29) is 25.1 Å². The second-order valence-corrected chi connectivity index (χ2v) is 9.82. The van der Waals surface area contributed by atoms with E-state index >= 15 is 0 Å². The Balaban J connectivity index is 0.00000240. The zero-order chi connectivity index (χ0) is 19.8. The van der Waals surface area contributed by atoms with E-state index < -0.39 is 0 Å². The minimum Gasteiger partial charge on any atom is -0.454 e. The normalized spacial score (nSPS) is 12.4. The summed E-state index contributed by atoms with van der Waals surface area (Å²) in [5, 5.41) is 0.612. The molecule has 0 aliphatic carbocycles. The van der Waals surface area contributed by atoms with Crippen LogP contribution in [0.3, 0.4) is 0 Å². The number of aromatic nitrogens is 1. The van der Waals surface area contributed by atoms with Gasteiger partial charge in [-0.15, -0.1) is 23.7 Å². The molecule has 0 atom stereocenters. The van der Waals surface area contributed by atoms with Crippen LogP contribution in [0.4, 0.5) is 5.13 Å². The van der Waals surface area contributed by atoms with Crippen LogP contribution in [-0.2, 0) is 0 Å². The molecule has 0 bridgehead atoms. The molecule has 0 fully saturated rings. The Hall–Kier alpha value is -1.29. The molecule has 0 radical (unpaired) electrons. The maximum absolute atomic E-state index is 13.2. The highest BCUT2D eigenvalue weighted by Gasteiger charge is 2.25. The third kappa shape index (κ3) is 4.73. The molecule has 4 rings (SSSR count). The van der Waals surface area contributed by atoms with Crippen molar-refractivity contribution in [1.29, 1.82) is 0 Å². The van der Waals surface area contributed by atoms with Gasteiger partial charge in [-0.3, -0.25) is 9.69 Å². The van der Waals surface area contributed by atoms with Crippen molar-refractivity contribution in [2.24, 2.45) is 0 Å². The number of carbonyl (C=O) groups excluding carboxylic acids is 1. The molecule has 0 unspecified atom stereocenters. The van der Waals surface area contributed by atoms with Crippen LogP contribution in [0.15, 0.2) is 18.2 Å². The van der Waals surface area contributed by atoms with Gasteiger partial charge in [-0.2, -0.15) is 0 Å². The predicted molar refractivity (Wildman–Crippen MR) is 122 cm³/mol. The van der Waals surface area contributed by atoms with Gasteiger partial charge in [0, 0.05) is 18.7 Å². The van der Waals surface area contributed by atoms with E-state index in [9.17, 15) is 4.79 Å². The summed E-state index contributed by atoms with van der Waals surface area (Å²) in [6.07, 6.45) is 0.798. The average molecular weight is 495 g/mol. The van der Waals surface area contributed by atoms with Crippen LogP contribution in [0.1, 0.15) is 16.8 Å². The van der Waals surface area contributed by atoms with E-state index in [4.69, 9.17) is 32.7 Å². The lowest BCUT2D eigenvalue weighted by Gasteiger charge is -2.20. The molecule has 1 amide bonds. The molecule has 29 heavy (non-hydrogen) atoms. The Labute approximate surface area is 192 Å². The molecule has 3 heterocycles. The van der Waals surface area contributed by atoms with Crippen LogP contribution in [0.5, 0.6) is 11.5 Å². The number of anilines is 1. The second kappa shape index (κ2) is 9.24. The van der Waals surface area contributed by atoms with Gasteiger partial charge in [-0.05, 0) is 33.1 Å². The highest BCUT2D eigenvalue weighted by atomic mass is 35.5. The summed E-state index contributed by atoms with van der Waals surface area (Å²) in [4.78, 5) is 21.6. The predicted octanol–water partition coefficient (Wildman–Crippen LogP) is 5.41. The lowest BCUT2D eigenvalue weighted by Crippen LogP contribution is -2.33. The number of amides is 1. The van der Waals surface area contributed by atoms with Crippen molar-refractivity contribution in [3.05, 3.63) is 32.4 Å². The van der Waals surface area contributed by atoms with Gasteiger partial charge in [0.15, 0.2) is 16.6 Å². The fourth-order valence-electron chi connectivity index (χ4n) is 2.88. The first-order chi connectivity index (χ1) is 13.4. The van der Waals surface area contributed by atoms with Gasteiger partial charge in [0.1, 0.15) is 4.34 Å². The first kappa shape index (κ1) is 22.4. The molecule has 1 aliphatic rings. The first-order valence-electron chi connectivity index (χ1n) is 8.54. The maximum Gasteiger partial charge on any atom is 0.262 e. The molecule has 1 aliphatic heterocycles.